The molecule has 0 saturated carbocycles. The van der Waals surface area contributed by atoms with Gasteiger partial charge in [-0.05, 0) is 30.3 Å². The summed E-state index contributed by atoms with van der Waals surface area (Å²) in [4.78, 5) is 0.425. The zero-order valence-corrected chi connectivity index (χ0v) is 11.0. The number of rotatable bonds is 0. The quantitative estimate of drug-likeness (QED) is 0.639. The third-order valence-corrected chi connectivity index (χ3v) is 4.88. The molecule has 0 radical (unpaired) electrons. The van der Waals surface area contributed by atoms with Crippen LogP contribution in [0.4, 0.5) is 0 Å². The molecule has 3 rings (SSSR count). The average Bonchev–Trinajstić information content (AvgIpc) is 2.28. The maximum Gasteiger partial charge on any atom is 0.213 e. The number of hydrogen-bond donors (Lipinski definition) is 0. The van der Waals surface area contributed by atoms with Crippen molar-refractivity contribution in [2.24, 2.45) is 0 Å². The van der Waals surface area contributed by atoms with E-state index in [1.165, 1.54) is 0 Å². The minimum absolute atomic E-state index is 0.208. The van der Waals surface area contributed by atoms with Crippen LogP contribution in [0.5, 0.6) is 11.5 Å². The van der Waals surface area contributed by atoms with Crippen LogP contribution in [0.1, 0.15) is 0 Å². The zero-order chi connectivity index (χ0) is 12.0. The van der Waals surface area contributed by atoms with Gasteiger partial charge in [-0.25, -0.2) is 8.42 Å². The Morgan fingerprint density at radius 1 is 0.941 bits per heavy atom. The van der Waals surface area contributed by atoms with Crippen LogP contribution < -0.4 is 4.74 Å². The van der Waals surface area contributed by atoms with Crippen LogP contribution in [0, 0.1) is 0 Å². The van der Waals surface area contributed by atoms with Crippen LogP contribution in [0.2, 0.25) is 0 Å². The Hall–Kier alpha value is -1.33. The highest BCUT2D eigenvalue weighted by Crippen LogP contribution is 2.43. The minimum atomic E-state index is -3.46. The third-order valence-electron chi connectivity index (χ3n) is 2.55. The average molecular weight is 311 g/mol. The Kier molecular flexibility index (Phi) is 2.27. The predicted octanol–water partition coefficient (Wildman–Crippen LogP) is 3.39. The van der Waals surface area contributed by atoms with Crippen molar-refractivity contribution in [3.8, 4) is 11.5 Å². The highest BCUT2D eigenvalue weighted by molar-refractivity contribution is 9.10. The SMILES string of the molecule is O=S1(=O)c2ccccc2Oc2cc(Br)ccc21. The van der Waals surface area contributed by atoms with E-state index in [0.717, 1.165) is 4.47 Å². The lowest BCUT2D eigenvalue weighted by molar-refractivity contribution is 0.442. The number of hydrogen-bond acceptors (Lipinski definition) is 3. The smallest absolute Gasteiger partial charge is 0.213 e. The maximum atomic E-state index is 12.3. The van der Waals surface area contributed by atoms with Gasteiger partial charge in [-0.15, -0.1) is 0 Å². The van der Waals surface area contributed by atoms with Crippen molar-refractivity contribution in [3.63, 3.8) is 0 Å². The number of ether oxygens (including phenoxy) is 1. The van der Waals surface area contributed by atoms with E-state index < -0.39 is 9.84 Å². The summed E-state index contributed by atoms with van der Waals surface area (Å²) in [5, 5.41) is 0. The van der Waals surface area contributed by atoms with E-state index in [1.54, 1.807) is 42.5 Å². The van der Waals surface area contributed by atoms with E-state index in [-0.39, 0.29) is 9.79 Å². The Bertz CT molecular complexity index is 707. The van der Waals surface area contributed by atoms with Gasteiger partial charge in [0.25, 0.3) is 0 Å². The van der Waals surface area contributed by atoms with Crippen molar-refractivity contribution >= 4 is 25.8 Å². The van der Waals surface area contributed by atoms with E-state index in [0.29, 0.717) is 11.5 Å². The van der Waals surface area contributed by atoms with E-state index in [9.17, 15) is 8.42 Å². The van der Waals surface area contributed by atoms with Crippen molar-refractivity contribution < 1.29 is 13.2 Å². The molecule has 1 aliphatic heterocycles. The molecule has 1 heterocycles. The Morgan fingerprint density at radius 2 is 1.65 bits per heavy atom. The van der Waals surface area contributed by atoms with Crippen molar-refractivity contribution in [1.29, 1.82) is 0 Å². The van der Waals surface area contributed by atoms with Crippen LogP contribution in [0.25, 0.3) is 0 Å². The molecule has 17 heavy (non-hydrogen) atoms. The van der Waals surface area contributed by atoms with Gasteiger partial charge >= 0.3 is 0 Å². The molecule has 0 atom stereocenters. The van der Waals surface area contributed by atoms with Gasteiger partial charge in [-0.2, -0.15) is 0 Å². The van der Waals surface area contributed by atoms with Gasteiger partial charge in [0.05, 0.1) is 0 Å². The fourth-order valence-electron chi connectivity index (χ4n) is 1.78. The number of sulfone groups is 1. The molecule has 2 aromatic carbocycles. The van der Waals surface area contributed by atoms with Crippen molar-refractivity contribution in [2.75, 3.05) is 0 Å². The topological polar surface area (TPSA) is 43.4 Å². The van der Waals surface area contributed by atoms with Crippen molar-refractivity contribution in [2.45, 2.75) is 9.79 Å². The zero-order valence-electron chi connectivity index (χ0n) is 8.55. The Labute approximate surface area is 107 Å². The Balaban J connectivity index is 2.35. The number of halogens is 1. The molecule has 0 N–H and O–H groups in total. The Morgan fingerprint density at radius 3 is 2.47 bits per heavy atom. The summed E-state index contributed by atoms with van der Waals surface area (Å²) in [5.41, 5.74) is 0. The molecule has 0 spiro atoms. The molecule has 0 amide bonds. The molecule has 2 aromatic rings. The van der Waals surface area contributed by atoms with Gasteiger partial charge in [-0.3, -0.25) is 0 Å². The second-order valence-corrected chi connectivity index (χ2v) is 6.45. The highest BCUT2D eigenvalue weighted by Gasteiger charge is 2.30. The second-order valence-electron chi connectivity index (χ2n) is 3.64. The summed E-state index contributed by atoms with van der Waals surface area (Å²) in [6, 6.07) is 11.5. The molecule has 3 nitrogen and oxygen atoms in total. The van der Waals surface area contributed by atoms with Gasteiger partial charge < -0.3 is 4.74 Å². The molecule has 1 aliphatic rings. The molecule has 0 unspecified atom stereocenters. The van der Waals surface area contributed by atoms with Crippen LogP contribution in [-0.4, -0.2) is 8.42 Å². The van der Waals surface area contributed by atoms with E-state index in [1.807, 2.05) is 0 Å². The van der Waals surface area contributed by atoms with Gasteiger partial charge in [0.2, 0.25) is 9.84 Å². The van der Waals surface area contributed by atoms with Crippen LogP contribution >= 0.6 is 15.9 Å². The summed E-state index contributed by atoms with van der Waals surface area (Å²) >= 11 is 3.29. The molecule has 0 fully saturated rings. The molecular formula is C12H7BrO3S. The lowest BCUT2D eigenvalue weighted by Gasteiger charge is -2.20. The normalized spacial score (nSPS) is 15.6. The largest absolute Gasteiger partial charge is 0.455 e. The molecule has 86 valence electrons. The van der Waals surface area contributed by atoms with E-state index in [2.05, 4.69) is 15.9 Å². The number of fused-ring (bicyclic) bond motifs is 2. The van der Waals surface area contributed by atoms with Crippen molar-refractivity contribution in [3.05, 3.63) is 46.9 Å². The van der Waals surface area contributed by atoms with Gasteiger partial charge in [0.1, 0.15) is 21.3 Å². The van der Waals surface area contributed by atoms with Gasteiger partial charge in [-0.1, -0.05) is 28.1 Å². The first kappa shape index (κ1) is 10.8. The summed E-state index contributed by atoms with van der Waals surface area (Å²) in [7, 11) is -3.46. The maximum absolute atomic E-state index is 12.3. The molecule has 0 bridgehead atoms. The lowest BCUT2D eigenvalue weighted by atomic mass is 10.3. The number of para-hydroxylation sites is 1. The molecular weight excluding hydrogens is 304 g/mol. The molecule has 0 saturated heterocycles. The first-order valence-electron chi connectivity index (χ1n) is 4.90. The molecule has 5 heteroatoms. The fraction of sp³-hybridized carbons (Fsp3) is 0. The highest BCUT2D eigenvalue weighted by atomic mass is 79.9. The first-order valence-corrected chi connectivity index (χ1v) is 7.18. The first-order chi connectivity index (χ1) is 8.09. The molecule has 0 aromatic heterocycles. The van der Waals surface area contributed by atoms with Crippen LogP contribution in [0.3, 0.4) is 0 Å². The predicted molar refractivity (Wildman–Crippen MR) is 66.1 cm³/mol. The van der Waals surface area contributed by atoms with E-state index in [4.69, 9.17) is 4.74 Å². The fourth-order valence-corrected chi connectivity index (χ4v) is 3.60. The monoisotopic (exact) mass is 310 g/mol. The third kappa shape index (κ3) is 1.57. The summed E-state index contributed by atoms with van der Waals surface area (Å²) in [6.45, 7) is 0. The van der Waals surface area contributed by atoms with E-state index >= 15 is 0 Å². The standard InChI is InChI=1S/C12H7BrO3S/c13-8-5-6-12-10(7-8)16-9-3-1-2-4-11(9)17(12,14)15/h1-7H. The summed E-state index contributed by atoms with van der Waals surface area (Å²) in [5.74, 6) is 0.733. The second kappa shape index (κ2) is 3.58. The lowest BCUT2D eigenvalue weighted by Crippen LogP contribution is -2.10. The summed E-state index contributed by atoms with van der Waals surface area (Å²) < 4.78 is 31.0. The molecule has 0 aliphatic carbocycles. The van der Waals surface area contributed by atoms with Gasteiger partial charge in [0.15, 0.2) is 0 Å². The number of benzene rings is 2. The minimum Gasteiger partial charge on any atom is -0.455 e. The van der Waals surface area contributed by atoms with Crippen LogP contribution in [-0.2, 0) is 9.84 Å². The van der Waals surface area contributed by atoms with Crippen LogP contribution in [0.15, 0.2) is 56.7 Å². The van der Waals surface area contributed by atoms with Gasteiger partial charge in [0, 0.05) is 4.47 Å². The van der Waals surface area contributed by atoms with Crippen molar-refractivity contribution in [1.82, 2.24) is 0 Å². The summed E-state index contributed by atoms with van der Waals surface area (Å²) in [6.07, 6.45) is 0.